The molecule has 1 saturated heterocycles. The molecule has 0 spiro atoms. The van der Waals surface area contributed by atoms with Gasteiger partial charge in [-0.15, -0.1) is 0 Å². The molecule has 0 bridgehead atoms. The molecule has 94 valence electrons. The number of primary amides is 1. The Morgan fingerprint density at radius 2 is 2.12 bits per heavy atom. The van der Waals surface area contributed by atoms with Gasteiger partial charge in [0.1, 0.15) is 6.04 Å². The number of aliphatic carboxylic acids is 1. The molecule has 0 radical (unpaired) electrons. The number of hydrogen-bond acceptors (Lipinski definition) is 4. The predicted molar refractivity (Wildman–Crippen MR) is 55.5 cm³/mol. The molecule has 1 aliphatic heterocycles. The van der Waals surface area contributed by atoms with E-state index in [1.54, 1.807) is 6.92 Å². The van der Waals surface area contributed by atoms with Gasteiger partial charge in [-0.2, -0.15) is 0 Å². The molecule has 0 aromatic carbocycles. The second-order valence-electron chi connectivity index (χ2n) is 4.07. The Morgan fingerprint density at radius 1 is 1.53 bits per heavy atom. The average Bonchev–Trinajstić information content (AvgIpc) is 2.44. The topological polar surface area (TPSA) is 118 Å². The van der Waals surface area contributed by atoms with Gasteiger partial charge >= 0.3 is 5.97 Å². The standard InChI is InChI=1S/C10H14N2O5/c1-5-4-8(14)12(9(5)15)6(10(16)17)2-3-7(11)13/h5-6H,2-4H2,1H3,(H2,11,13)(H,16,17). The number of likely N-dealkylation sites (tertiary alicyclic amines) is 1. The summed E-state index contributed by atoms with van der Waals surface area (Å²) in [5, 5.41) is 8.97. The molecule has 3 N–H and O–H groups in total. The number of rotatable bonds is 5. The molecule has 0 aliphatic carbocycles. The molecule has 3 amide bonds. The van der Waals surface area contributed by atoms with Crippen LogP contribution in [0, 0.1) is 5.92 Å². The smallest absolute Gasteiger partial charge is 0.326 e. The summed E-state index contributed by atoms with van der Waals surface area (Å²) in [6, 6.07) is -1.30. The van der Waals surface area contributed by atoms with Crippen LogP contribution in [-0.4, -0.2) is 39.7 Å². The molecule has 0 aromatic rings. The molecular weight excluding hydrogens is 228 g/mol. The van der Waals surface area contributed by atoms with E-state index >= 15 is 0 Å². The lowest BCUT2D eigenvalue weighted by Crippen LogP contribution is -2.45. The first-order valence-electron chi connectivity index (χ1n) is 5.21. The highest BCUT2D eigenvalue weighted by Crippen LogP contribution is 2.23. The van der Waals surface area contributed by atoms with Crippen molar-refractivity contribution in [3.05, 3.63) is 0 Å². The maximum Gasteiger partial charge on any atom is 0.326 e. The van der Waals surface area contributed by atoms with E-state index in [1.165, 1.54) is 0 Å². The van der Waals surface area contributed by atoms with Gasteiger partial charge in [0.25, 0.3) is 0 Å². The normalized spacial score (nSPS) is 21.7. The molecule has 1 rings (SSSR count). The van der Waals surface area contributed by atoms with Gasteiger partial charge < -0.3 is 10.8 Å². The zero-order valence-corrected chi connectivity index (χ0v) is 9.38. The van der Waals surface area contributed by atoms with Crippen LogP contribution in [0.5, 0.6) is 0 Å². The van der Waals surface area contributed by atoms with E-state index in [1.807, 2.05) is 0 Å². The zero-order chi connectivity index (χ0) is 13.2. The quantitative estimate of drug-likeness (QED) is 0.606. The van der Waals surface area contributed by atoms with Crippen LogP contribution in [0.15, 0.2) is 0 Å². The highest BCUT2D eigenvalue weighted by Gasteiger charge is 2.42. The Labute approximate surface area is 97.6 Å². The molecule has 0 saturated carbocycles. The third kappa shape index (κ3) is 2.80. The van der Waals surface area contributed by atoms with Crippen molar-refractivity contribution in [2.45, 2.75) is 32.2 Å². The van der Waals surface area contributed by atoms with E-state index in [0.29, 0.717) is 0 Å². The lowest BCUT2D eigenvalue weighted by Gasteiger charge is -2.22. The molecule has 17 heavy (non-hydrogen) atoms. The molecule has 7 heteroatoms. The molecule has 1 heterocycles. The van der Waals surface area contributed by atoms with Crippen LogP contribution in [0.2, 0.25) is 0 Å². The van der Waals surface area contributed by atoms with E-state index in [2.05, 4.69) is 0 Å². The van der Waals surface area contributed by atoms with Crippen LogP contribution < -0.4 is 5.73 Å². The largest absolute Gasteiger partial charge is 0.480 e. The van der Waals surface area contributed by atoms with Crippen molar-refractivity contribution in [1.29, 1.82) is 0 Å². The minimum atomic E-state index is -1.30. The van der Waals surface area contributed by atoms with Crippen molar-refractivity contribution >= 4 is 23.7 Å². The van der Waals surface area contributed by atoms with Gasteiger partial charge in [0.05, 0.1) is 0 Å². The molecule has 2 unspecified atom stereocenters. The number of carboxylic acids is 1. The monoisotopic (exact) mass is 242 g/mol. The summed E-state index contributed by atoms with van der Waals surface area (Å²) in [7, 11) is 0. The van der Waals surface area contributed by atoms with Gasteiger partial charge in [0, 0.05) is 18.8 Å². The van der Waals surface area contributed by atoms with Crippen molar-refractivity contribution in [3.63, 3.8) is 0 Å². The van der Waals surface area contributed by atoms with E-state index in [4.69, 9.17) is 10.8 Å². The van der Waals surface area contributed by atoms with Gasteiger partial charge in [-0.25, -0.2) is 4.79 Å². The summed E-state index contributed by atoms with van der Waals surface area (Å²) in [6.07, 6.45) is -0.309. The van der Waals surface area contributed by atoms with Crippen molar-refractivity contribution in [2.24, 2.45) is 11.7 Å². The second-order valence-corrected chi connectivity index (χ2v) is 4.07. The summed E-state index contributed by atoms with van der Waals surface area (Å²) >= 11 is 0. The Bertz CT molecular complexity index is 379. The first-order valence-corrected chi connectivity index (χ1v) is 5.21. The lowest BCUT2D eigenvalue weighted by atomic mass is 10.1. The van der Waals surface area contributed by atoms with Crippen LogP contribution in [0.4, 0.5) is 0 Å². The van der Waals surface area contributed by atoms with Crippen LogP contribution in [0.3, 0.4) is 0 Å². The maximum atomic E-state index is 11.6. The van der Waals surface area contributed by atoms with Crippen molar-refractivity contribution < 1.29 is 24.3 Å². The number of amides is 3. The molecule has 2 atom stereocenters. The van der Waals surface area contributed by atoms with E-state index in [9.17, 15) is 19.2 Å². The van der Waals surface area contributed by atoms with E-state index in [0.717, 1.165) is 4.90 Å². The summed E-state index contributed by atoms with van der Waals surface area (Å²) in [4.78, 5) is 45.5. The fourth-order valence-electron chi connectivity index (χ4n) is 1.78. The Balaban J connectivity index is 2.84. The fraction of sp³-hybridized carbons (Fsp3) is 0.600. The van der Waals surface area contributed by atoms with Gasteiger partial charge in [-0.3, -0.25) is 19.3 Å². The number of carboxylic acid groups (broad SMARTS) is 1. The molecule has 0 aromatic heterocycles. The second kappa shape index (κ2) is 4.94. The molecule has 1 fully saturated rings. The number of nitrogens with zero attached hydrogens (tertiary/aromatic N) is 1. The average molecular weight is 242 g/mol. The fourth-order valence-corrected chi connectivity index (χ4v) is 1.78. The summed E-state index contributed by atoms with van der Waals surface area (Å²) < 4.78 is 0. The highest BCUT2D eigenvalue weighted by molar-refractivity contribution is 6.06. The van der Waals surface area contributed by atoms with E-state index in [-0.39, 0.29) is 19.3 Å². The Kier molecular flexibility index (Phi) is 3.82. The van der Waals surface area contributed by atoms with Gasteiger partial charge in [0.2, 0.25) is 17.7 Å². The van der Waals surface area contributed by atoms with Gasteiger partial charge in [-0.05, 0) is 6.42 Å². The van der Waals surface area contributed by atoms with Crippen LogP contribution in [-0.2, 0) is 19.2 Å². The van der Waals surface area contributed by atoms with Crippen molar-refractivity contribution in [3.8, 4) is 0 Å². The van der Waals surface area contributed by atoms with Crippen LogP contribution in [0.1, 0.15) is 26.2 Å². The first kappa shape index (κ1) is 13.1. The minimum absolute atomic E-state index is 0.0131. The number of hydrogen-bond donors (Lipinski definition) is 2. The number of carbonyl (C=O) groups is 4. The molecular formula is C10H14N2O5. The minimum Gasteiger partial charge on any atom is -0.480 e. The Hall–Kier alpha value is -1.92. The van der Waals surface area contributed by atoms with Crippen LogP contribution in [0.25, 0.3) is 0 Å². The lowest BCUT2D eigenvalue weighted by molar-refractivity contribution is -0.155. The third-order valence-electron chi connectivity index (χ3n) is 2.67. The van der Waals surface area contributed by atoms with E-state index < -0.39 is 35.7 Å². The highest BCUT2D eigenvalue weighted by atomic mass is 16.4. The summed E-state index contributed by atoms with van der Waals surface area (Å²) in [5.74, 6) is -3.49. The Morgan fingerprint density at radius 3 is 2.47 bits per heavy atom. The van der Waals surface area contributed by atoms with Crippen molar-refractivity contribution in [2.75, 3.05) is 0 Å². The third-order valence-corrected chi connectivity index (χ3v) is 2.67. The zero-order valence-electron chi connectivity index (χ0n) is 9.38. The summed E-state index contributed by atoms with van der Waals surface area (Å²) in [5.41, 5.74) is 4.92. The molecule has 7 nitrogen and oxygen atoms in total. The number of nitrogens with two attached hydrogens (primary N) is 1. The van der Waals surface area contributed by atoms with Crippen LogP contribution >= 0.6 is 0 Å². The summed E-state index contributed by atoms with van der Waals surface area (Å²) in [6.45, 7) is 1.56. The number of imide groups is 1. The predicted octanol–water partition coefficient (Wildman–Crippen LogP) is -0.900. The van der Waals surface area contributed by atoms with Crippen molar-refractivity contribution in [1.82, 2.24) is 4.90 Å². The number of carbonyl (C=O) groups excluding carboxylic acids is 3. The molecule has 1 aliphatic rings. The first-order chi connectivity index (χ1) is 7.84. The van der Waals surface area contributed by atoms with Gasteiger partial charge in [-0.1, -0.05) is 6.92 Å². The maximum absolute atomic E-state index is 11.6. The SMILES string of the molecule is CC1CC(=O)N(C(CCC(N)=O)C(=O)O)C1=O. The van der Waals surface area contributed by atoms with Gasteiger partial charge in [0.15, 0.2) is 0 Å².